The van der Waals surface area contributed by atoms with E-state index < -0.39 is 0 Å². The van der Waals surface area contributed by atoms with Crippen LogP contribution >= 0.6 is 0 Å². The molecule has 1 fully saturated rings. The highest BCUT2D eigenvalue weighted by atomic mass is 16.2. The summed E-state index contributed by atoms with van der Waals surface area (Å²) in [6.07, 6.45) is 6.00. The van der Waals surface area contributed by atoms with Crippen LogP contribution in [0, 0.1) is 0 Å². The summed E-state index contributed by atoms with van der Waals surface area (Å²) in [5.41, 5.74) is 2.23. The zero-order valence-corrected chi connectivity index (χ0v) is 13.3. The van der Waals surface area contributed by atoms with Gasteiger partial charge in [-0.15, -0.1) is 0 Å². The van der Waals surface area contributed by atoms with Crippen molar-refractivity contribution in [1.82, 2.24) is 15.2 Å². The van der Waals surface area contributed by atoms with Crippen molar-refractivity contribution in [2.24, 2.45) is 0 Å². The van der Waals surface area contributed by atoms with Crippen molar-refractivity contribution < 1.29 is 4.79 Å². The molecular formula is C19H23N3O. The fourth-order valence-corrected chi connectivity index (χ4v) is 3.15. The SMILES string of the molecule is O=C(NCc1ccccn1)N1CCCC1CCc1ccccc1. The van der Waals surface area contributed by atoms with Crippen molar-refractivity contribution in [3.63, 3.8) is 0 Å². The first kappa shape index (κ1) is 15.5. The predicted molar refractivity (Wildman–Crippen MR) is 91.0 cm³/mol. The molecule has 1 aromatic heterocycles. The maximum Gasteiger partial charge on any atom is 0.317 e. The van der Waals surface area contributed by atoms with Gasteiger partial charge in [0.25, 0.3) is 0 Å². The number of hydrogen-bond acceptors (Lipinski definition) is 2. The highest BCUT2D eigenvalue weighted by Crippen LogP contribution is 2.22. The molecule has 0 spiro atoms. The lowest BCUT2D eigenvalue weighted by Crippen LogP contribution is -2.42. The zero-order valence-electron chi connectivity index (χ0n) is 13.3. The Balaban J connectivity index is 1.50. The molecule has 2 aromatic rings. The highest BCUT2D eigenvalue weighted by molar-refractivity contribution is 5.74. The number of nitrogens with zero attached hydrogens (tertiary/aromatic N) is 2. The lowest BCUT2D eigenvalue weighted by atomic mass is 10.0. The first-order valence-electron chi connectivity index (χ1n) is 8.31. The topological polar surface area (TPSA) is 45.2 Å². The summed E-state index contributed by atoms with van der Waals surface area (Å²) < 4.78 is 0. The van der Waals surface area contributed by atoms with Crippen molar-refractivity contribution in [3.8, 4) is 0 Å². The summed E-state index contributed by atoms with van der Waals surface area (Å²) in [6, 6.07) is 16.6. The van der Waals surface area contributed by atoms with Gasteiger partial charge in [-0.2, -0.15) is 0 Å². The van der Waals surface area contributed by atoms with E-state index in [-0.39, 0.29) is 6.03 Å². The van der Waals surface area contributed by atoms with Gasteiger partial charge in [-0.1, -0.05) is 36.4 Å². The number of amides is 2. The molecule has 1 saturated heterocycles. The van der Waals surface area contributed by atoms with Crippen LogP contribution in [0.5, 0.6) is 0 Å². The first-order chi connectivity index (χ1) is 11.3. The van der Waals surface area contributed by atoms with E-state index in [1.54, 1.807) is 6.20 Å². The molecule has 0 aliphatic carbocycles. The average molecular weight is 309 g/mol. The van der Waals surface area contributed by atoms with Crippen LogP contribution in [-0.2, 0) is 13.0 Å². The number of carbonyl (C=O) groups is 1. The molecule has 0 radical (unpaired) electrons. The molecule has 4 nitrogen and oxygen atoms in total. The van der Waals surface area contributed by atoms with Crippen molar-refractivity contribution in [1.29, 1.82) is 0 Å². The number of pyridine rings is 1. The second-order valence-corrected chi connectivity index (χ2v) is 5.99. The van der Waals surface area contributed by atoms with Gasteiger partial charge in [0.2, 0.25) is 0 Å². The number of rotatable bonds is 5. The van der Waals surface area contributed by atoms with E-state index in [1.807, 2.05) is 29.2 Å². The van der Waals surface area contributed by atoms with Gasteiger partial charge in [0.1, 0.15) is 0 Å². The van der Waals surface area contributed by atoms with Crippen LogP contribution in [0.1, 0.15) is 30.5 Å². The highest BCUT2D eigenvalue weighted by Gasteiger charge is 2.28. The Morgan fingerprint density at radius 1 is 1.17 bits per heavy atom. The molecule has 2 heterocycles. The zero-order chi connectivity index (χ0) is 15.9. The third-order valence-electron chi connectivity index (χ3n) is 4.39. The Hall–Kier alpha value is -2.36. The smallest absolute Gasteiger partial charge is 0.317 e. The minimum atomic E-state index is 0.0335. The fourth-order valence-electron chi connectivity index (χ4n) is 3.15. The third kappa shape index (κ3) is 4.31. The summed E-state index contributed by atoms with van der Waals surface area (Å²) in [6.45, 7) is 1.34. The van der Waals surface area contributed by atoms with E-state index in [0.29, 0.717) is 12.6 Å². The van der Waals surface area contributed by atoms with Crippen LogP contribution in [-0.4, -0.2) is 28.5 Å². The van der Waals surface area contributed by atoms with E-state index in [2.05, 4.69) is 34.6 Å². The van der Waals surface area contributed by atoms with Gasteiger partial charge in [0, 0.05) is 18.8 Å². The van der Waals surface area contributed by atoms with Crippen LogP contribution < -0.4 is 5.32 Å². The molecule has 1 aliphatic heterocycles. The van der Waals surface area contributed by atoms with Crippen molar-refractivity contribution >= 4 is 6.03 Å². The Morgan fingerprint density at radius 2 is 2.00 bits per heavy atom. The maximum atomic E-state index is 12.4. The van der Waals surface area contributed by atoms with Crippen molar-refractivity contribution in [3.05, 3.63) is 66.0 Å². The second-order valence-electron chi connectivity index (χ2n) is 5.99. The van der Waals surface area contributed by atoms with Crippen LogP contribution in [0.2, 0.25) is 0 Å². The monoisotopic (exact) mass is 309 g/mol. The molecule has 0 saturated carbocycles. The van der Waals surface area contributed by atoms with Gasteiger partial charge >= 0.3 is 6.03 Å². The Morgan fingerprint density at radius 3 is 2.78 bits per heavy atom. The van der Waals surface area contributed by atoms with Crippen LogP contribution in [0.3, 0.4) is 0 Å². The fraction of sp³-hybridized carbons (Fsp3) is 0.368. The molecule has 1 N–H and O–H groups in total. The Bertz CT molecular complexity index is 615. The van der Waals surface area contributed by atoms with Gasteiger partial charge in [-0.05, 0) is 43.4 Å². The third-order valence-corrected chi connectivity index (χ3v) is 4.39. The van der Waals surface area contributed by atoms with Crippen molar-refractivity contribution in [2.75, 3.05) is 6.54 Å². The lowest BCUT2D eigenvalue weighted by molar-refractivity contribution is 0.189. The van der Waals surface area contributed by atoms with Gasteiger partial charge in [-0.25, -0.2) is 4.79 Å². The van der Waals surface area contributed by atoms with Crippen LogP contribution in [0.25, 0.3) is 0 Å². The number of aryl methyl sites for hydroxylation is 1. The number of benzene rings is 1. The molecule has 3 rings (SSSR count). The molecule has 4 heteroatoms. The number of aromatic nitrogens is 1. The standard InChI is InChI=1S/C19H23N3O/c23-19(21-15-17-9-4-5-13-20-17)22-14-6-10-18(22)12-11-16-7-2-1-3-8-16/h1-5,7-9,13,18H,6,10-12,14-15H2,(H,21,23). The summed E-state index contributed by atoms with van der Waals surface area (Å²) in [5.74, 6) is 0. The summed E-state index contributed by atoms with van der Waals surface area (Å²) >= 11 is 0. The van der Waals surface area contributed by atoms with E-state index >= 15 is 0 Å². The molecule has 120 valence electrons. The van der Waals surface area contributed by atoms with Gasteiger partial charge in [0.05, 0.1) is 12.2 Å². The van der Waals surface area contributed by atoms with Crippen molar-refractivity contribution in [2.45, 2.75) is 38.3 Å². The van der Waals surface area contributed by atoms with Gasteiger partial charge in [-0.3, -0.25) is 4.98 Å². The Labute approximate surface area is 137 Å². The van der Waals surface area contributed by atoms with Crippen LogP contribution in [0.15, 0.2) is 54.7 Å². The number of carbonyl (C=O) groups excluding carboxylic acids is 1. The van der Waals surface area contributed by atoms with E-state index in [4.69, 9.17) is 0 Å². The summed E-state index contributed by atoms with van der Waals surface area (Å²) in [4.78, 5) is 18.7. The van der Waals surface area contributed by atoms with E-state index in [1.165, 1.54) is 5.56 Å². The largest absolute Gasteiger partial charge is 0.332 e. The molecule has 0 bridgehead atoms. The maximum absolute atomic E-state index is 12.4. The number of hydrogen-bond donors (Lipinski definition) is 1. The van der Waals surface area contributed by atoms with E-state index in [0.717, 1.165) is 37.9 Å². The molecule has 23 heavy (non-hydrogen) atoms. The number of likely N-dealkylation sites (tertiary alicyclic amines) is 1. The second kappa shape index (κ2) is 7.77. The predicted octanol–water partition coefficient (Wildman–Crippen LogP) is 3.39. The average Bonchev–Trinajstić information content (AvgIpc) is 3.08. The summed E-state index contributed by atoms with van der Waals surface area (Å²) in [5, 5.41) is 2.99. The van der Waals surface area contributed by atoms with Gasteiger partial charge in [0.15, 0.2) is 0 Å². The van der Waals surface area contributed by atoms with Crippen LogP contribution in [0.4, 0.5) is 4.79 Å². The van der Waals surface area contributed by atoms with E-state index in [9.17, 15) is 4.79 Å². The lowest BCUT2D eigenvalue weighted by Gasteiger charge is -2.25. The molecule has 1 atom stereocenters. The summed E-state index contributed by atoms with van der Waals surface area (Å²) in [7, 11) is 0. The Kier molecular flexibility index (Phi) is 5.25. The number of urea groups is 1. The molecule has 2 amide bonds. The molecular weight excluding hydrogens is 286 g/mol. The minimum absolute atomic E-state index is 0.0335. The quantitative estimate of drug-likeness (QED) is 0.920. The molecule has 1 aromatic carbocycles. The minimum Gasteiger partial charge on any atom is -0.332 e. The normalized spacial score (nSPS) is 17.2. The first-order valence-corrected chi connectivity index (χ1v) is 8.31. The number of nitrogens with one attached hydrogen (secondary N) is 1. The molecule has 1 aliphatic rings. The molecule has 1 unspecified atom stereocenters. The van der Waals surface area contributed by atoms with Gasteiger partial charge < -0.3 is 10.2 Å².